The second-order valence-electron chi connectivity index (χ2n) is 7.08. The number of benzene rings is 1. The van der Waals surface area contributed by atoms with Crippen molar-refractivity contribution >= 4 is 6.09 Å². The molecule has 0 aliphatic carbocycles. The highest BCUT2D eigenvalue weighted by molar-refractivity contribution is 5.68. The van der Waals surface area contributed by atoms with Gasteiger partial charge in [-0.1, -0.05) is 0 Å². The number of ether oxygens (including phenoxy) is 2. The third kappa shape index (κ3) is 5.30. The number of amides is 1. The lowest BCUT2D eigenvalue weighted by Crippen LogP contribution is -2.49. The Labute approximate surface area is 147 Å². The van der Waals surface area contributed by atoms with Gasteiger partial charge in [0.2, 0.25) is 0 Å². The molecule has 0 spiro atoms. The van der Waals surface area contributed by atoms with Crippen LogP contribution in [0.3, 0.4) is 0 Å². The second-order valence-corrected chi connectivity index (χ2v) is 7.08. The fourth-order valence-corrected chi connectivity index (χ4v) is 2.69. The molecule has 1 heterocycles. The molecule has 0 bridgehead atoms. The molecule has 146 valence electrons. The normalized spacial score (nSPS) is 24.2. The van der Waals surface area contributed by atoms with Crippen molar-refractivity contribution < 1.29 is 36.2 Å². The number of alkyl carbamates (subject to hydrolysis) is 1. The van der Waals surface area contributed by atoms with Crippen LogP contribution in [-0.4, -0.2) is 30.0 Å². The molecular formula is C17H20F5NO3. The summed E-state index contributed by atoms with van der Waals surface area (Å²) in [6.45, 7) is 4.86. The third-order valence-corrected chi connectivity index (χ3v) is 3.75. The quantitative estimate of drug-likeness (QED) is 0.760. The van der Waals surface area contributed by atoms with Gasteiger partial charge >= 0.3 is 12.3 Å². The highest BCUT2D eigenvalue weighted by Gasteiger charge is 2.47. The molecule has 1 aliphatic heterocycles. The van der Waals surface area contributed by atoms with E-state index >= 15 is 0 Å². The lowest BCUT2D eigenvalue weighted by molar-refractivity contribution is -0.250. The van der Waals surface area contributed by atoms with Crippen LogP contribution in [0.25, 0.3) is 0 Å². The molecule has 0 aromatic heterocycles. The smallest absolute Gasteiger partial charge is 0.414 e. The van der Waals surface area contributed by atoms with Gasteiger partial charge in [-0.3, -0.25) is 0 Å². The zero-order valence-electron chi connectivity index (χ0n) is 14.5. The summed E-state index contributed by atoms with van der Waals surface area (Å²) in [6.07, 6.45) is -9.72. The second kappa shape index (κ2) is 7.38. The molecule has 1 saturated heterocycles. The molecule has 26 heavy (non-hydrogen) atoms. The van der Waals surface area contributed by atoms with E-state index in [1.54, 1.807) is 20.8 Å². The van der Waals surface area contributed by atoms with Gasteiger partial charge in [-0.15, -0.1) is 0 Å². The van der Waals surface area contributed by atoms with E-state index in [1.165, 1.54) is 0 Å². The van der Waals surface area contributed by atoms with E-state index in [0.29, 0.717) is 0 Å². The predicted molar refractivity (Wildman–Crippen MR) is 82.4 cm³/mol. The fraction of sp³-hybridized carbons (Fsp3) is 0.588. The standard InChI is InChI=1S/C17H20F5NO3/c1-16(2,3)26-15(24)23-12-6-7-13(17(20,21)22)25-14(12)10-8-9(18)4-5-11(10)19/h4-5,8,12-14H,6-7H2,1-3H3,(H,23,24)/t12-,13+,14+/m0/s1. The van der Waals surface area contributed by atoms with Gasteiger partial charge in [0, 0.05) is 5.56 Å². The summed E-state index contributed by atoms with van der Waals surface area (Å²) in [4.78, 5) is 12.0. The Bertz CT molecular complexity index is 657. The van der Waals surface area contributed by atoms with Gasteiger partial charge in [0.25, 0.3) is 0 Å². The topological polar surface area (TPSA) is 47.6 Å². The number of hydrogen-bond donors (Lipinski definition) is 1. The summed E-state index contributed by atoms with van der Waals surface area (Å²) >= 11 is 0. The minimum atomic E-state index is -4.65. The van der Waals surface area contributed by atoms with E-state index in [1.807, 2.05) is 0 Å². The first kappa shape index (κ1) is 20.4. The summed E-state index contributed by atoms with van der Waals surface area (Å²) in [6, 6.07) is 1.41. The Kier molecular flexibility index (Phi) is 5.79. The molecule has 0 saturated carbocycles. The van der Waals surface area contributed by atoms with Crippen LogP contribution in [0.1, 0.15) is 45.3 Å². The first-order valence-corrected chi connectivity index (χ1v) is 8.03. The van der Waals surface area contributed by atoms with E-state index in [4.69, 9.17) is 9.47 Å². The largest absolute Gasteiger partial charge is 0.444 e. The van der Waals surface area contributed by atoms with Crippen molar-refractivity contribution in [1.82, 2.24) is 5.32 Å². The Balaban J connectivity index is 2.28. The summed E-state index contributed by atoms with van der Waals surface area (Å²) in [5, 5.41) is 2.40. The van der Waals surface area contributed by atoms with Gasteiger partial charge in [-0.2, -0.15) is 13.2 Å². The first-order chi connectivity index (χ1) is 11.9. The SMILES string of the molecule is CC(C)(C)OC(=O)N[C@H]1CC[C@H](C(F)(F)F)O[C@@H]1c1cc(F)ccc1F. The highest BCUT2D eigenvalue weighted by atomic mass is 19.4. The van der Waals surface area contributed by atoms with Gasteiger partial charge in [0.05, 0.1) is 6.04 Å². The Hall–Kier alpha value is -1.90. The molecule has 1 aromatic rings. The molecule has 1 aromatic carbocycles. The van der Waals surface area contributed by atoms with E-state index in [-0.39, 0.29) is 12.0 Å². The maximum atomic E-state index is 14.1. The van der Waals surface area contributed by atoms with Crippen LogP contribution in [-0.2, 0) is 9.47 Å². The van der Waals surface area contributed by atoms with Crippen LogP contribution in [0.5, 0.6) is 0 Å². The van der Waals surface area contributed by atoms with Crippen LogP contribution in [0.2, 0.25) is 0 Å². The maximum Gasteiger partial charge on any atom is 0.414 e. The van der Waals surface area contributed by atoms with Crippen LogP contribution in [0.4, 0.5) is 26.7 Å². The minimum Gasteiger partial charge on any atom is -0.444 e. The lowest BCUT2D eigenvalue weighted by atomic mass is 9.92. The molecule has 1 fully saturated rings. The summed E-state index contributed by atoms with van der Waals surface area (Å²) in [7, 11) is 0. The first-order valence-electron chi connectivity index (χ1n) is 8.03. The summed E-state index contributed by atoms with van der Waals surface area (Å²) < 4.78 is 76.7. The van der Waals surface area contributed by atoms with Gasteiger partial charge in [-0.05, 0) is 51.8 Å². The molecule has 1 N–H and O–H groups in total. The molecule has 3 atom stereocenters. The van der Waals surface area contributed by atoms with Crippen LogP contribution >= 0.6 is 0 Å². The van der Waals surface area contributed by atoms with E-state index in [2.05, 4.69) is 5.32 Å². The number of rotatable bonds is 2. The Morgan fingerprint density at radius 1 is 1.19 bits per heavy atom. The van der Waals surface area contributed by atoms with Gasteiger partial charge < -0.3 is 14.8 Å². The molecular weight excluding hydrogens is 361 g/mol. The number of nitrogens with one attached hydrogen (secondary N) is 1. The van der Waals surface area contributed by atoms with E-state index in [0.717, 1.165) is 18.2 Å². The number of halogens is 5. The average Bonchev–Trinajstić information content (AvgIpc) is 2.47. The van der Waals surface area contributed by atoms with Crippen molar-refractivity contribution in [3.63, 3.8) is 0 Å². The van der Waals surface area contributed by atoms with Crippen LogP contribution < -0.4 is 5.32 Å². The number of hydrogen-bond acceptors (Lipinski definition) is 3. The molecule has 0 unspecified atom stereocenters. The van der Waals surface area contributed by atoms with Crippen LogP contribution in [0, 0.1) is 11.6 Å². The van der Waals surface area contributed by atoms with Gasteiger partial charge in [0.15, 0.2) is 6.10 Å². The molecule has 1 aliphatic rings. The molecule has 0 radical (unpaired) electrons. The molecule has 1 amide bonds. The highest BCUT2D eigenvalue weighted by Crippen LogP contribution is 2.39. The fourth-order valence-electron chi connectivity index (χ4n) is 2.69. The van der Waals surface area contributed by atoms with Crippen molar-refractivity contribution in [3.8, 4) is 0 Å². The zero-order valence-corrected chi connectivity index (χ0v) is 14.5. The van der Waals surface area contributed by atoms with Gasteiger partial charge in [-0.25, -0.2) is 13.6 Å². The van der Waals surface area contributed by atoms with Crippen LogP contribution in [0.15, 0.2) is 18.2 Å². The lowest BCUT2D eigenvalue weighted by Gasteiger charge is -2.38. The number of alkyl halides is 3. The predicted octanol–water partition coefficient (Wildman–Crippen LogP) is 4.64. The monoisotopic (exact) mass is 381 g/mol. The minimum absolute atomic E-state index is 0.135. The summed E-state index contributed by atoms with van der Waals surface area (Å²) in [5.74, 6) is -1.75. The maximum absolute atomic E-state index is 14.1. The molecule has 9 heteroatoms. The number of carbonyl (C=O) groups excluding carboxylic acids is 1. The average molecular weight is 381 g/mol. The van der Waals surface area contributed by atoms with Crippen molar-refractivity contribution in [2.24, 2.45) is 0 Å². The van der Waals surface area contributed by atoms with Gasteiger partial charge in [0.1, 0.15) is 23.3 Å². The van der Waals surface area contributed by atoms with Crippen molar-refractivity contribution in [2.45, 2.75) is 63.6 Å². The van der Waals surface area contributed by atoms with E-state index < -0.39 is 54.2 Å². The van der Waals surface area contributed by atoms with Crippen molar-refractivity contribution in [1.29, 1.82) is 0 Å². The summed E-state index contributed by atoms with van der Waals surface area (Å²) in [5.41, 5.74) is -1.21. The third-order valence-electron chi connectivity index (χ3n) is 3.75. The Morgan fingerprint density at radius 2 is 1.85 bits per heavy atom. The molecule has 2 rings (SSSR count). The zero-order chi connectivity index (χ0) is 19.7. The van der Waals surface area contributed by atoms with Crippen molar-refractivity contribution in [3.05, 3.63) is 35.4 Å². The van der Waals surface area contributed by atoms with E-state index in [9.17, 15) is 26.7 Å². The Morgan fingerprint density at radius 3 is 2.42 bits per heavy atom. The van der Waals surface area contributed by atoms with Crippen molar-refractivity contribution in [2.75, 3.05) is 0 Å². The molecule has 4 nitrogen and oxygen atoms in total. The number of carbonyl (C=O) groups is 1.